The van der Waals surface area contributed by atoms with Gasteiger partial charge in [0, 0.05) is 3.57 Å². The number of anilines is 1. The first-order valence-electron chi connectivity index (χ1n) is 5.03. The van der Waals surface area contributed by atoms with E-state index in [1.54, 1.807) is 6.07 Å². The molecular formula is C11H8IN3O4. The van der Waals surface area contributed by atoms with Crippen molar-refractivity contribution in [2.75, 3.05) is 5.73 Å². The highest BCUT2D eigenvalue weighted by Crippen LogP contribution is 2.27. The molecule has 1 heterocycles. The van der Waals surface area contributed by atoms with E-state index >= 15 is 0 Å². The number of carboxylic acid groups (broad SMARTS) is 1. The molecule has 0 saturated carbocycles. The van der Waals surface area contributed by atoms with E-state index in [1.807, 2.05) is 22.6 Å². The number of nitrogens with two attached hydrogens (primary N) is 1. The minimum atomic E-state index is -1.14. The minimum Gasteiger partial charge on any atom is -0.478 e. The summed E-state index contributed by atoms with van der Waals surface area (Å²) in [5.74, 6) is -1.21. The smallest absolute Gasteiger partial charge is 0.339 e. The molecule has 0 radical (unpaired) electrons. The highest BCUT2D eigenvalue weighted by Gasteiger charge is 2.15. The molecule has 98 valence electrons. The fraction of sp³-hybridized carbons (Fsp3) is 0. The van der Waals surface area contributed by atoms with E-state index in [0.29, 0.717) is 0 Å². The average molecular weight is 373 g/mol. The van der Waals surface area contributed by atoms with Gasteiger partial charge in [0.2, 0.25) is 5.88 Å². The zero-order valence-corrected chi connectivity index (χ0v) is 11.5. The highest BCUT2D eigenvalue weighted by atomic mass is 127. The van der Waals surface area contributed by atoms with Gasteiger partial charge < -0.3 is 20.6 Å². The van der Waals surface area contributed by atoms with E-state index in [2.05, 4.69) is 9.97 Å². The first kappa shape index (κ1) is 13.3. The van der Waals surface area contributed by atoms with Gasteiger partial charge in [-0.1, -0.05) is 0 Å². The van der Waals surface area contributed by atoms with Crippen molar-refractivity contribution in [1.29, 1.82) is 0 Å². The predicted octanol–water partition coefficient (Wildman–Crippen LogP) is 1.45. The van der Waals surface area contributed by atoms with Crippen molar-refractivity contribution in [2.24, 2.45) is 0 Å². The van der Waals surface area contributed by atoms with Crippen molar-refractivity contribution in [1.82, 2.24) is 9.97 Å². The van der Waals surface area contributed by atoms with Crippen molar-refractivity contribution in [3.63, 3.8) is 0 Å². The van der Waals surface area contributed by atoms with Crippen LogP contribution in [0.25, 0.3) is 0 Å². The molecule has 1 aromatic carbocycles. The quantitative estimate of drug-likeness (QED) is 0.701. The molecule has 19 heavy (non-hydrogen) atoms. The van der Waals surface area contributed by atoms with E-state index in [-0.39, 0.29) is 22.9 Å². The van der Waals surface area contributed by atoms with Gasteiger partial charge in [0.1, 0.15) is 11.3 Å². The van der Waals surface area contributed by atoms with Crippen LogP contribution in [0.3, 0.4) is 0 Å². The molecule has 0 bridgehead atoms. The lowest BCUT2D eigenvalue weighted by Crippen LogP contribution is -2.13. The van der Waals surface area contributed by atoms with Gasteiger partial charge in [-0.2, -0.15) is 0 Å². The number of carboxylic acids is 1. The molecule has 8 heteroatoms. The number of nitrogens with one attached hydrogen (secondary N) is 1. The fourth-order valence-electron chi connectivity index (χ4n) is 1.34. The monoisotopic (exact) mass is 373 g/mol. The van der Waals surface area contributed by atoms with Crippen LogP contribution in [0.15, 0.2) is 29.3 Å². The molecule has 0 unspecified atom stereocenters. The summed E-state index contributed by atoms with van der Waals surface area (Å²) >= 11 is 1.98. The summed E-state index contributed by atoms with van der Waals surface area (Å²) in [5.41, 5.74) is 4.71. The molecule has 0 aliphatic rings. The highest BCUT2D eigenvalue weighted by molar-refractivity contribution is 14.1. The van der Waals surface area contributed by atoms with Gasteiger partial charge in [-0.15, -0.1) is 0 Å². The predicted molar refractivity (Wildman–Crippen MR) is 75.5 cm³/mol. The SMILES string of the molecule is Nc1c(Oc2ccc(I)cc2C(=O)O)nc[nH]c1=O. The number of hydrogen-bond acceptors (Lipinski definition) is 5. The second kappa shape index (κ2) is 5.26. The Hall–Kier alpha value is -2.10. The third kappa shape index (κ3) is 2.84. The summed E-state index contributed by atoms with van der Waals surface area (Å²) in [6, 6.07) is 4.60. The van der Waals surface area contributed by atoms with Crippen molar-refractivity contribution >= 4 is 34.2 Å². The van der Waals surface area contributed by atoms with Crippen molar-refractivity contribution in [3.8, 4) is 11.6 Å². The Morgan fingerprint density at radius 1 is 1.47 bits per heavy atom. The summed E-state index contributed by atoms with van der Waals surface area (Å²) in [6.45, 7) is 0. The van der Waals surface area contributed by atoms with Gasteiger partial charge in [0.25, 0.3) is 5.56 Å². The van der Waals surface area contributed by atoms with Gasteiger partial charge in [0.15, 0.2) is 5.69 Å². The normalized spacial score (nSPS) is 10.2. The lowest BCUT2D eigenvalue weighted by Gasteiger charge is -2.09. The van der Waals surface area contributed by atoms with Crippen LogP contribution in [0.5, 0.6) is 11.6 Å². The molecule has 1 aromatic heterocycles. The third-order valence-electron chi connectivity index (χ3n) is 2.23. The number of rotatable bonds is 3. The summed E-state index contributed by atoms with van der Waals surface area (Å²) < 4.78 is 6.04. The van der Waals surface area contributed by atoms with Crippen LogP contribution >= 0.6 is 22.6 Å². The maximum absolute atomic E-state index is 11.3. The van der Waals surface area contributed by atoms with Gasteiger partial charge in [-0.05, 0) is 40.8 Å². The molecule has 0 fully saturated rings. The van der Waals surface area contributed by atoms with E-state index in [9.17, 15) is 9.59 Å². The molecule has 0 spiro atoms. The number of hydrogen-bond donors (Lipinski definition) is 3. The minimum absolute atomic E-state index is 0.0339. The molecular weight excluding hydrogens is 365 g/mol. The van der Waals surface area contributed by atoms with Crippen LogP contribution < -0.4 is 16.0 Å². The van der Waals surface area contributed by atoms with E-state index < -0.39 is 11.5 Å². The molecule has 0 atom stereocenters. The molecule has 7 nitrogen and oxygen atoms in total. The molecule has 0 amide bonds. The number of aromatic amines is 1. The molecule has 0 aliphatic carbocycles. The Kier molecular flexibility index (Phi) is 3.69. The number of benzene rings is 1. The summed E-state index contributed by atoms with van der Waals surface area (Å²) in [4.78, 5) is 28.4. The van der Waals surface area contributed by atoms with Crippen LogP contribution in [0.1, 0.15) is 10.4 Å². The molecule has 2 rings (SSSR count). The lowest BCUT2D eigenvalue weighted by atomic mass is 10.2. The third-order valence-corrected chi connectivity index (χ3v) is 2.90. The number of aromatic carboxylic acids is 1. The summed E-state index contributed by atoms with van der Waals surface area (Å²) in [7, 11) is 0. The standard InChI is InChI=1S/C11H8IN3O4/c12-5-1-2-7(6(3-5)11(17)18)19-10-8(13)9(16)14-4-15-10/h1-4H,13H2,(H,17,18)(H,14,15,16). The number of aromatic nitrogens is 2. The average Bonchev–Trinajstić information content (AvgIpc) is 2.36. The van der Waals surface area contributed by atoms with Crippen LogP contribution in [-0.4, -0.2) is 21.0 Å². The Morgan fingerprint density at radius 2 is 2.21 bits per heavy atom. The van der Waals surface area contributed by atoms with Crippen molar-refractivity contribution < 1.29 is 14.6 Å². The summed E-state index contributed by atoms with van der Waals surface area (Å²) in [6.07, 6.45) is 1.13. The topological polar surface area (TPSA) is 118 Å². The number of nitrogens with zero attached hydrogens (tertiary/aromatic N) is 1. The van der Waals surface area contributed by atoms with E-state index in [1.165, 1.54) is 12.1 Å². The largest absolute Gasteiger partial charge is 0.478 e. The number of carbonyl (C=O) groups is 1. The van der Waals surface area contributed by atoms with Gasteiger partial charge >= 0.3 is 5.97 Å². The molecule has 0 aliphatic heterocycles. The molecule has 2 aromatic rings. The number of H-pyrrole nitrogens is 1. The van der Waals surface area contributed by atoms with E-state index in [0.717, 1.165) is 9.90 Å². The van der Waals surface area contributed by atoms with Crippen LogP contribution in [0.4, 0.5) is 5.69 Å². The number of nitrogen functional groups attached to an aromatic ring is 1. The maximum atomic E-state index is 11.3. The van der Waals surface area contributed by atoms with Gasteiger partial charge in [0.05, 0.1) is 6.33 Å². The number of halogens is 1. The van der Waals surface area contributed by atoms with Gasteiger partial charge in [-0.3, -0.25) is 4.79 Å². The first-order chi connectivity index (χ1) is 8.99. The van der Waals surface area contributed by atoms with Crippen molar-refractivity contribution in [2.45, 2.75) is 0 Å². The summed E-state index contributed by atoms with van der Waals surface area (Å²) in [5, 5.41) is 9.09. The second-order valence-corrected chi connectivity index (χ2v) is 4.74. The van der Waals surface area contributed by atoms with Crippen LogP contribution in [-0.2, 0) is 0 Å². The first-order valence-corrected chi connectivity index (χ1v) is 6.11. The number of ether oxygens (including phenoxy) is 1. The lowest BCUT2D eigenvalue weighted by molar-refractivity contribution is 0.0694. The second-order valence-electron chi connectivity index (χ2n) is 3.50. The zero-order chi connectivity index (χ0) is 14.0. The maximum Gasteiger partial charge on any atom is 0.339 e. The van der Waals surface area contributed by atoms with E-state index in [4.69, 9.17) is 15.6 Å². The Morgan fingerprint density at radius 3 is 2.89 bits per heavy atom. The van der Waals surface area contributed by atoms with Crippen LogP contribution in [0, 0.1) is 3.57 Å². The fourth-order valence-corrected chi connectivity index (χ4v) is 1.83. The Balaban J connectivity index is 2.46. The van der Waals surface area contributed by atoms with Gasteiger partial charge in [-0.25, -0.2) is 9.78 Å². The molecule has 0 saturated heterocycles. The van der Waals surface area contributed by atoms with Crippen LogP contribution in [0.2, 0.25) is 0 Å². The zero-order valence-electron chi connectivity index (χ0n) is 9.38. The molecule has 4 N–H and O–H groups in total. The van der Waals surface area contributed by atoms with Crippen molar-refractivity contribution in [3.05, 3.63) is 44.0 Å². The Labute approximate surface area is 120 Å². The Bertz CT molecular complexity index is 699.